The number of ketones is 1. The van der Waals surface area contributed by atoms with Gasteiger partial charge in [-0.15, -0.1) is 0 Å². The zero-order valence-corrected chi connectivity index (χ0v) is 25.6. The van der Waals surface area contributed by atoms with E-state index in [1.807, 2.05) is 13.8 Å². The van der Waals surface area contributed by atoms with E-state index in [0.29, 0.717) is 25.1 Å². The second-order valence-electron chi connectivity index (χ2n) is 11.7. The summed E-state index contributed by atoms with van der Waals surface area (Å²) in [4.78, 5) is 12.6. The zero-order valence-electron chi connectivity index (χ0n) is 25.6. The number of hydrogen-bond donors (Lipinski definition) is 2. The molecule has 1 saturated heterocycles. The standard InChI is InChI=1S/C33H63NO4/c1-6-9-11-13-15-17-18-20-22-24-29(35)26-27(4)34-31-28(5)38-30(8-3)32(36)33(31)37-25-23-21-19-16-14-12-10-7-2/h28,30-34,36H,4,6-26H2,1-3,5H3. The summed E-state index contributed by atoms with van der Waals surface area (Å²) in [6.07, 6.45) is 21.6. The summed E-state index contributed by atoms with van der Waals surface area (Å²) in [5.41, 5.74) is 0.703. The molecule has 0 aromatic rings. The van der Waals surface area contributed by atoms with Crippen LogP contribution in [0.4, 0.5) is 0 Å². The molecule has 5 heteroatoms. The number of carbonyl (C=O) groups is 1. The van der Waals surface area contributed by atoms with Crippen molar-refractivity contribution < 1.29 is 19.4 Å². The highest BCUT2D eigenvalue weighted by atomic mass is 16.5. The lowest BCUT2D eigenvalue weighted by Crippen LogP contribution is -2.62. The Morgan fingerprint density at radius 3 is 1.84 bits per heavy atom. The van der Waals surface area contributed by atoms with E-state index < -0.39 is 6.10 Å². The van der Waals surface area contributed by atoms with E-state index >= 15 is 0 Å². The molecule has 0 aromatic carbocycles. The van der Waals surface area contributed by atoms with Crippen molar-refractivity contribution in [3.63, 3.8) is 0 Å². The third kappa shape index (κ3) is 15.6. The smallest absolute Gasteiger partial charge is 0.138 e. The second kappa shape index (κ2) is 22.9. The van der Waals surface area contributed by atoms with Gasteiger partial charge in [-0.25, -0.2) is 0 Å². The van der Waals surface area contributed by atoms with Crippen molar-refractivity contribution in [1.82, 2.24) is 5.32 Å². The summed E-state index contributed by atoms with van der Waals surface area (Å²) < 4.78 is 12.4. The number of rotatable bonds is 25. The molecule has 0 aromatic heterocycles. The first-order chi connectivity index (χ1) is 18.4. The minimum atomic E-state index is -0.687. The number of unbranched alkanes of at least 4 members (excludes halogenated alkanes) is 15. The van der Waals surface area contributed by atoms with Crippen LogP contribution in [0.25, 0.3) is 0 Å². The summed E-state index contributed by atoms with van der Waals surface area (Å²) in [5, 5.41) is 14.4. The third-order valence-corrected chi connectivity index (χ3v) is 8.02. The third-order valence-electron chi connectivity index (χ3n) is 8.02. The Kier molecular flexibility index (Phi) is 21.1. The topological polar surface area (TPSA) is 67.8 Å². The Morgan fingerprint density at radius 1 is 0.816 bits per heavy atom. The largest absolute Gasteiger partial charge is 0.388 e. The Morgan fingerprint density at radius 2 is 1.32 bits per heavy atom. The molecule has 0 saturated carbocycles. The van der Waals surface area contributed by atoms with Crippen molar-refractivity contribution >= 4 is 5.78 Å². The SMILES string of the molecule is C=C(CC(=O)CCCCCCCCCCC)NC1C(C)OC(CC)C(O)C1OCCCCCCCCCC. The molecule has 0 aliphatic carbocycles. The minimum absolute atomic E-state index is 0.129. The fourth-order valence-corrected chi connectivity index (χ4v) is 5.57. The van der Waals surface area contributed by atoms with Gasteiger partial charge in [0.15, 0.2) is 0 Å². The number of hydrogen-bond acceptors (Lipinski definition) is 5. The van der Waals surface area contributed by atoms with Gasteiger partial charge in [0.1, 0.15) is 18.0 Å². The van der Waals surface area contributed by atoms with Gasteiger partial charge in [0.25, 0.3) is 0 Å². The summed E-state index contributed by atoms with van der Waals surface area (Å²) in [7, 11) is 0. The highest BCUT2D eigenvalue weighted by Crippen LogP contribution is 2.26. The normalized spacial score (nSPS) is 23.4. The molecule has 1 fully saturated rings. The number of ether oxygens (including phenoxy) is 2. The highest BCUT2D eigenvalue weighted by molar-refractivity contribution is 5.80. The van der Waals surface area contributed by atoms with Crippen LogP contribution in [0.5, 0.6) is 0 Å². The lowest BCUT2D eigenvalue weighted by molar-refractivity contribution is -0.194. The maximum Gasteiger partial charge on any atom is 0.138 e. The first-order valence-electron chi connectivity index (χ1n) is 16.4. The minimum Gasteiger partial charge on any atom is -0.388 e. The van der Waals surface area contributed by atoms with Crippen LogP contribution in [-0.2, 0) is 14.3 Å². The van der Waals surface area contributed by atoms with Crippen molar-refractivity contribution in [2.24, 2.45) is 0 Å². The molecule has 0 amide bonds. The molecule has 2 N–H and O–H groups in total. The molecule has 0 spiro atoms. The van der Waals surface area contributed by atoms with E-state index in [-0.39, 0.29) is 30.1 Å². The van der Waals surface area contributed by atoms with E-state index in [4.69, 9.17) is 9.47 Å². The molecule has 5 nitrogen and oxygen atoms in total. The van der Waals surface area contributed by atoms with Gasteiger partial charge in [-0.1, -0.05) is 124 Å². The quantitative estimate of drug-likeness (QED) is 0.114. The number of carbonyl (C=O) groups excluding carboxylic acids is 1. The van der Waals surface area contributed by atoms with Crippen LogP contribution in [0.1, 0.15) is 156 Å². The molecule has 5 atom stereocenters. The van der Waals surface area contributed by atoms with E-state index in [0.717, 1.165) is 32.1 Å². The van der Waals surface area contributed by atoms with Gasteiger partial charge in [0, 0.05) is 25.1 Å². The molecule has 0 radical (unpaired) electrons. The number of Topliss-reactive ketones (excluding diaryl/α,β-unsaturated/α-hetero) is 1. The van der Waals surface area contributed by atoms with Gasteiger partial charge >= 0.3 is 0 Å². The number of allylic oxidation sites excluding steroid dienone is 1. The predicted octanol–water partition coefficient (Wildman–Crippen LogP) is 8.42. The van der Waals surface area contributed by atoms with Gasteiger partial charge in [0.2, 0.25) is 0 Å². The zero-order chi connectivity index (χ0) is 28.0. The van der Waals surface area contributed by atoms with Crippen molar-refractivity contribution in [3.05, 3.63) is 12.3 Å². The van der Waals surface area contributed by atoms with E-state index in [2.05, 4.69) is 25.7 Å². The lowest BCUT2D eigenvalue weighted by Gasteiger charge is -2.44. The average Bonchev–Trinajstić information content (AvgIpc) is 2.89. The van der Waals surface area contributed by atoms with Crippen LogP contribution in [-0.4, -0.2) is 48.0 Å². The summed E-state index contributed by atoms with van der Waals surface area (Å²) in [6.45, 7) is 13.3. The van der Waals surface area contributed by atoms with Crippen LogP contribution in [0, 0.1) is 0 Å². The Balaban J connectivity index is 2.37. The van der Waals surface area contributed by atoms with Crippen molar-refractivity contribution in [2.45, 2.75) is 187 Å². The molecule has 0 bridgehead atoms. The molecule has 1 aliphatic heterocycles. The van der Waals surface area contributed by atoms with E-state index in [1.165, 1.54) is 83.5 Å². The van der Waals surface area contributed by atoms with E-state index in [1.54, 1.807) is 0 Å². The van der Waals surface area contributed by atoms with Crippen LogP contribution in [0.15, 0.2) is 12.3 Å². The van der Waals surface area contributed by atoms with Crippen LogP contribution < -0.4 is 5.32 Å². The fraction of sp³-hybridized carbons (Fsp3) is 0.909. The van der Waals surface area contributed by atoms with Crippen molar-refractivity contribution in [3.8, 4) is 0 Å². The Bertz CT molecular complexity index is 596. The predicted molar refractivity (Wildman–Crippen MR) is 161 cm³/mol. The average molecular weight is 538 g/mol. The van der Waals surface area contributed by atoms with Crippen LogP contribution in [0.2, 0.25) is 0 Å². The van der Waals surface area contributed by atoms with Gasteiger partial charge < -0.3 is 19.9 Å². The van der Waals surface area contributed by atoms with Gasteiger partial charge in [-0.2, -0.15) is 0 Å². The first kappa shape index (κ1) is 35.1. The number of nitrogens with one attached hydrogen (secondary N) is 1. The molecule has 38 heavy (non-hydrogen) atoms. The van der Waals surface area contributed by atoms with Gasteiger partial charge in [0.05, 0.1) is 18.2 Å². The Hall–Kier alpha value is -0.910. The summed E-state index contributed by atoms with van der Waals surface area (Å²) in [6, 6.07) is -0.213. The summed E-state index contributed by atoms with van der Waals surface area (Å²) in [5.74, 6) is 0.234. The van der Waals surface area contributed by atoms with E-state index in [9.17, 15) is 9.90 Å². The lowest BCUT2D eigenvalue weighted by atomic mass is 9.91. The molecular formula is C33H63NO4. The molecule has 224 valence electrons. The number of aliphatic hydroxyl groups is 1. The molecular weight excluding hydrogens is 474 g/mol. The fourth-order valence-electron chi connectivity index (χ4n) is 5.57. The molecule has 1 aliphatic rings. The molecule has 1 heterocycles. The number of aliphatic hydroxyl groups excluding tert-OH is 1. The van der Waals surface area contributed by atoms with Crippen LogP contribution >= 0.6 is 0 Å². The Labute approximate surface area is 235 Å². The summed E-state index contributed by atoms with van der Waals surface area (Å²) >= 11 is 0. The monoisotopic (exact) mass is 537 g/mol. The first-order valence-corrected chi connectivity index (χ1v) is 16.4. The second-order valence-corrected chi connectivity index (χ2v) is 11.7. The maximum absolute atomic E-state index is 12.6. The molecule has 1 rings (SSSR count). The highest BCUT2D eigenvalue weighted by Gasteiger charge is 2.43. The molecule has 5 unspecified atom stereocenters. The van der Waals surface area contributed by atoms with Crippen molar-refractivity contribution in [2.75, 3.05) is 6.61 Å². The van der Waals surface area contributed by atoms with Gasteiger partial charge in [-0.3, -0.25) is 4.79 Å². The van der Waals surface area contributed by atoms with Crippen molar-refractivity contribution in [1.29, 1.82) is 0 Å². The van der Waals surface area contributed by atoms with Gasteiger partial charge in [-0.05, 0) is 26.2 Å². The van der Waals surface area contributed by atoms with Crippen LogP contribution in [0.3, 0.4) is 0 Å². The maximum atomic E-state index is 12.6.